The number of benzene rings is 2. The van der Waals surface area contributed by atoms with Gasteiger partial charge in [-0.15, -0.1) is 0 Å². The third kappa shape index (κ3) is 3.92. The van der Waals surface area contributed by atoms with Crippen LogP contribution >= 0.6 is 22.6 Å². The van der Waals surface area contributed by atoms with E-state index in [1.165, 1.54) is 3.57 Å². The first-order chi connectivity index (χ1) is 9.16. The first-order valence-corrected chi connectivity index (χ1v) is 6.96. The van der Waals surface area contributed by atoms with Crippen LogP contribution in [0, 0.1) is 13.7 Å². The number of rotatable bonds is 5. The highest BCUT2D eigenvalue weighted by Crippen LogP contribution is 2.18. The van der Waals surface area contributed by atoms with Crippen molar-refractivity contribution in [2.75, 3.05) is 11.9 Å². The van der Waals surface area contributed by atoms with Gasteiger partial charge in [0, 0.05) is 27.4 Å². The zero-order chi connectivity index (χ0) is 13.7. The molecular weight excluding hydrogens is 355 g/mol. The summed E-state index contributed by atoms with van der Waals surface area (Å²) in [5.74, 6) is 0. The van der Waals surface area contributed by atoms with Gasteiger partial charge in [-0.2, -0.15) is 0 Å². The zero-order valence-corrected chi connectivity index (χ0v) is 12.3. The molecule has 0 aliphatic rings. The summed E-state index contributed by atoms with van der Waals surface area (Å²) in [6.45, 7) is 0.672. The number of anilines is 1. The number of hydrogen-bond donors (Lipinski definition) is 1. The zero-order valence-electron chi connectivity index (χ0n) is 10.2. The predicted molar refractivity (Wildman–Crippen MR) is 84.4 cm³/mol. The SMILES string of the molecule is O=[N+]([O-])c1ccccc1CCNc1ccc(I)cc1. The van der Waals surface area contributed by atoms with Crippen molar-refractivity contribution in [3.05, 3.63) is 67.8 Å². The number of nitro groups is 1. The van der Waals surface area contributed by atoms with Crippen molar-refractivity contribution in [3.63, 3.8) is 0 Å². The Hall–Kier alpha value is -1.63. The summed E-state index contributed by atoms with van der Waals surface area (Å²) in [7, 11) is 0. The largest absolute Gasteiger partial charge is 0.385 e. The van der Waals surface area contributed by atoms with Gasteiger partial charge in [0.25, 0.3) is 5.69 Å². The molecule has 19 heavy (non-hydrogen) atoms. The maximum atomic E-state index is 10.9. The maximum Gasteiger partial charge on any atom is 0.272 e. The van der Waals surface area contributed by atoms with E-state index in [1.54, 1.807) is 18.2 Å². The molecule has 2 aromatic rings. The van der Waals surface area contributed by atoms with Gasteiger partial charge in [-0.25, -0.2) is 0 Å². The molecule has 0 saturated heterocycles. The third-order valence-electron chi connectivity index (χ3n) is 2.76. The van der Waals surface area contributed by atoms with Crippen molar-refractivity contribution in [2.45, 2.75) is 6.42 Å². The summed E-state index contributed by atoms with van der Waals surface area (Å²) in [5, 5.41) is 14.1. The van der Waals surface area contributed by atoms with Gasteiger partial charge in [0.05, 0.1) is 4.92 Å². The van der Waals surface area contributed by atoms with E-state index in [9.17, 15) is 10.1 Å². The Morgan fingerprint density at radius 3 is 2.47 bits per heavy atom. The standard InChI is InChI=1S/C14H13IN2O2/c15-12-5-7-13(8-6-12)16-10-9-11-3-1-2-4-14(11)17(18)19/h1-8,16H,9-10H2. The van der Waals surface area contributed by atoms with Gasteiger partial charge >= 0.3 is 0 Å². The monoisotopic (exact) mass is 368 g/mol. The van der Waals surface area contributed by atoms with Gasteiger partial charge in [-0.3, -0.25) is 10.1 Å². The molecule has 0 bridgehead atoms. The molecule has 0 aromatic heterocycles. The van der Waals surface area contributed by atoms with Crippen LogP contribution in [0.1, 0.15) is 5.56 Å². The highest BCUT2D eigenvalue weighted by molar-refractivity contribution is 14.1. The molecule has 0 radical (unpaired) electrons. The molecule has 0 aliphatic carbocycles. The molecule has 0 unspecified atom stereocenters. The molecule has 0 fully saturated rings. The lowest BCUT2D eigenvalue weighted by Gasteiger charge is -2.07. The molecule has 0 amide bonds. The van der Waals surface area contributed by atoms with Crippen molar-refractivity contribution < 1.29 is 4.92 Å². The summed E-state index contributed by atoms with van der Waals surface area (Å²) in [4.78, 5) is 10.5. The lowest BCUT2D eigenvalue weighted by atomic mass is 10.1. The first-order valence-electron chi connectivity index (χ1n) is 5.88. The molecule has 0 spiro atoms. The van der Waals surface area contributed by atoms with E-state index in [2.05, 4.69) is 27.9 Å². The van der Waals surface area contributed by atoms with Crippen molar-refractivity contribution >= 4 is 34.0 Å². The summed E-state index contributed by atoms with van der Waals surface area (Å²) in [6.07, 6.45) is 0.628. The van der Waals surface area contributed by atoms with Crippen LogP contribution in [0.25, 0.3) is 0 Å². The molecular formula is C14H13IN2O2. The van der Waals surface area contributed by atoms with Crippen LogP contribution in [0.5, 0.6) is 0 Å². The third-order valence-corrected chi connectivity index (χ3v) is 3.48. The number of nitrogens with zero attached hydrogens (tertiary/aromatic N) is 1. The highest BCUT2D eigenvalue weighted by Gasteiger charge is 2.11. The van der Waals surface area contributed by atoms with Gasteiger partial charge in [0.1, 0.15) is 0 Å². The number of hydrogen-bond acceptors (Lipinski definition) is 3. The minimum absolute atomic E-state index is 0.187. The molecule has 0 atom stereocenters. The quantitative estimate of drug-likeness (QED) is 0.496. The fraction of sp³-hybridized carbons (Fsp3) is 0.143. The molecule has 0 saturated carbocycles. The van der Waals surface area contributed by atoms with E-state index >= 15 is 0 Å². The Kier molecular flexibility index (Phi) is 4.73. The second-order valence-corrected chi connectivity index (χ2v) is 5.32. The fourth-order valence-electron chi connectivity index (χ4n) is 1.81. The summed E-state index contributed by atoms with van der Waals surface area (Å²) in [5.41, 5.74) is 1.97. The molecule has 5 heteroatoms. The fourth-order valence-corrected chi connectivity index (χ4v) is 2.17. The van der Waals surface area contributed by atoms with Crippen molar-refractivity contribution in [1.29, 1.82) is 0 Å². The Morgan fingerprint density at radius 1 is 1.11 bits per heavy atom. The maximum absolute atomic E-state index is 10.9. The van der Waals surface area contributed by atoms with Crippen molar-refractivity contribution in [3.8, 4) is 0 Å². The second-order valence-electron chi connectivity index (χ2n) is 4.07. The van der Waals surface area contributed by atoms with E-state index in [4.69, 9.17) is 0 Å². The first kappa shape index (κ1) is 13.8. The van der Waals surface area contributed by atoms with Gasteiger partial charge in [-0.05, 0) is 53.3 Å². The molecule has 1 N–H and O–H groups in total. The Morgan fingerprint density at radius 2 is 1.79 bits per heavy atom. The van der Waals surface area contributed by atoms with Gasteiger partial charge in [0.2, 0.25) is 0 Å². The molecule has 0 heterocycles. The summed E-state index contributed by atoms with van der Waals surface area (Å²) >= 11 is 2.25. The van der Waals surface area contributed by atoms with Crippen molar-refractivity contribution in [1.82, 2.24) is 0 Å². The number of halogens is 1. The van der Waals surface area contributed by atoms with Crippen LogP contribution in [0.15, 0.2) is 48.5 Å². The van der Waals surface area contributed by atoms with E-state index in [-0.39, 0.29) is 10.6 Å². The average molecular weight is 368 g/mol. The normalized spacial score (nSPS) is 10.2. The molecule has 4 nitrogen and oxygen atoms in total. The van der Waals surface area contributed by atoms with Gasteiger partial charge in [0.15, 0.2) is 0 Å². The lowest BCUT2D eigenvalue weighted by Crippen LogP contribution is -2.06. The average Bonchev–Trinajstić information content (AvgIpc) is 2.41. The van der Waals surface area contributed by atoms with Crippen LogP contribution in [0.3, 0.4) is 0 Å². The Labute approximate surface area is 125 Å². The van der Waals surface area contributed by atoms with Crippen LogP contribution in [-0.4, -0.2) is 11.5 Å². The Bertz CT molecular complexity index is 570. The lowest BCUT2D eigenvalue weighted by molar-refractivity contribution is -0.385. The highest BCUT2D eigenvalue weighted by atomic mass is 127. The van der Waals surface area contributed by atoms with Crippen LogP contribution < -0.4 is 5.32 Å². The molecule has 0 aliphatic heterocycles. The van der Waals surface area contributed by atoms with Gasteiger partial charge in [-0.1, -0.05) is 18.2 Å². The van der Waals surface area contributed by atoms with Crippen LogP contribution in [0.2, 0.25) is 0 Å². The topological polar surface area (TPSA) is 55.2 Å². The Balaban J connectivity index is 1.96. The molecule has 2 rings (SSSR count). The minimum Gasteiger partial charge on any atom is -0.385 e. The number of para-hydroxylation sites is 1. The van der Waals surface area contributed by atoms with Crippen molar-refractivity contribution in [2.24, 2.45) is 0 Å². The number of nitrogens with one attached hydrogen (secondary N) is 1. The minimum atomic E-state index is -0.333. The molecule has 98 valence electrons. The van der Waals surface area contributed by atoms with Crippen LogP contribution in [0.4, 0.5) is 11.4 Å². The predicted octanol–water partition coefficient (Wildman–Crippen LogP) is 3.85. The smallest absolute Gasteiger partial charge is 0.272 e. The van der Waals surface area contributed by atoms with Gasteiger partial charge < -0.3 is 5.32 Å². The van der Waals surface area contributed by atoms with E-state index in [1.807, 2.05) is 30.3 Å². The van der Waals surface area contributed by atoms with E-state index in [0.29, 0.717) is 13.0 Å². The van der Waals surface area contributed by atoms with E-state index in [0.717, 1.165) is 11.3 Å². The van der Waals surface area contributed by atoms with Crippen LogP contribution in [-0.2, 0) is 6.42 Å². The van der Waals surface area contributed by atoms with E-state index < -0.39 is 0 Å². The summed E-state index contributed by atoms with van der Waals surface area (Å²) < 4.78 is 1.18. The summed E-state index contributed by atoms with van der Waals surface area (Å²) in [6, 6.07) is 14.9. The second kappa shape index (κ2) is 6.51. The number of nitro benzene ring substituents is 1. The molecule has 2 aromatic carbocycles.